The van der Waals surface area contributed by atoms with Crippen molar-refractivity contribution in [1.82, 2.24) is 4.57 Å². The van der Waals surface area contributed by atoms with Crippen molar-refractivity contribution in [2.45, 2.75) is 20.3 Å². The van der Waals surface area contributed by atoms with Gasteiger partial charge in [0, 0.05) is 45.3 Å². The van der Waals surface area contributed by atoms with Crippen molar-refractivity contribution in [2.24, 2.45) is 5.73 Å². The van der Waals surface area contributed by atoms with Crippen LogP contribution in [0.3, 0.4) is 0 Å². The molecule has 9 rings (SSSR count). The molecule has 0 radical (unpaired) electrons. The molecule has 0 fully saturated rings. The van der Waals surface area contributed by atoms with Crippen LogP contribution in [0.2, 0.25) is 0 Å². The monoisotopic (exact) mass is 695 g/mol. The van der Waals surface area contributed by atoms with E-state index in [4.69, 9.17) is 5.73 Å². The summed E-state index contributed by atoms with van der Waals surface area (Å²) in [6.07, 6.45) is 15.2. The summed E-state index contributed by atoms with van der Waals surface area (Å²) in [5, 5.41) is 4.68. The van der Waals surface area contributed by atoms with E-state index in [0.29, 0.717) is 0 Å². The Hall–Kier alpha value is -6.84. The molecule has 54 heavy (non-hydrogen) atoms. The minimum absolute atomic E-state index is 0.952. The highest BCUT2D eigenvalue weighted by Crippen LogP contribution is 2.40. The van der Waals surface area contributed by atoms with Crippen LogP contribution in [0.25, 0.3) is 72.7 Å². The number of fused-ring (bicyclic) bond motifs is 7. The normalized spacial score (nSPS) is 15.2. The number of nitrogens with two attached hydrogens (primary N) is 1. The maximum absolute atomic E-state index is 6.33. The number of nitrogens with zero attached hydrogens (tertiary/aromatic N) is 2. The van der Waals surface area contributed by atoms with Gasteiger partial charge in [-0.2, -0.15) is 0 Å². The Bertz CT molecular complexity index is 2930. The number of hydrogen-bond acceptors (Lipinski definition) is 2. The van der Waals surface area contributed by atoms with Gasteiger partial charge in [0.2, 0.25) is 0 Å². The molecule has 2 heterocycles. The smallest absolute Gasteiger partial charge is 0.0541 e. The SMILES string of the molecule is C=C/C(=C\CC)c1cccc(N2/C=C\C=C/C(=C)c3cc(-c4ccc5c(c4)c4ccccc4n5-c4cc5c(/c(=C\N)c4)=C(C)c4ccccc4-5)ccc32)c1. The predicted molar refractivity (Wildman–Crippen MR) is 232 cm³/mol. The van der Waals surface area contributed by atoms with Crippen molar-refractivity contribution in [3.05, 3.63) is 198 Å². The highest BCUT2D eigenvalue weighted by atomic mass is 15.1. The summed E-state index contributed by atoms with van der Waals surface area (Å²) in [4.78, 5) is 2.25. The zero-order valence-electron chi connectivity index (χ0n) is 30.7. The molecule has 0 spiro atoms. The van der Waals surface area contributed by atoms with Crippen LogP contribution in [0.4, 0.5) is 11.4 Å². The van der Waals surface area contributed by atoms with Crippen LogP contribution in [-0.2, 0) is 0 Å². The van der Waals surface area contributed by atoms with E-state index in [0.717, 1.165) is 73.1 Å². The summed E-state index contributed by atoms with van der Waals surface area (Å²) >= 11 is 0. The van der Waals surface area contributed by atoms with E-state index in [2.05, 4.69) is 188 Å². The quantitative estimate of drug-likeness (QED) is 0.176. The van der Waals surface area contributed by atoms with Gasteiger partial charge in [-0.1, -0.05) is 111 Å². The molecule has 0 amide bonds. The zero-order valence-corrected chi connectivity index (χ0v) is 30.7. The fourth-order valence-electron chi connectivity index (χ4n) is 8.41. The highest BCUT2D eigenvalue weighted by molar-refractivity contribution is 6.10. The number of hydrogen-bond donors (Lipinski definition) is 1. The molecule has 2 aliphatic rings. The van der Waals surface area contributed by atoms with Gasteiger partial charge in [0.05, 0.1) is 16.7 Å². The Labute approximate surface area is 316 Å². The molecule has 0 saturated carbocycles. The van der Waals surface area contributed by atoms with E-state index in [9.17, 15) is 0 Å². The molecule has 3 heteroatoms. The summed E-state index contributed by atoms with van der Waals surface area (Å²) in [5.74, 6) is 0. The van der Waals surface area contributed by atoms with Crippen molar-refractivity contribution in [1.29, 1.82) is 0 Å². The molecule has 6 aromatic carbocycles. The molecule has 1 aliphatic heterocycles. The molecular formula is C51H41N3. The van der Waals surface area contributed by atoms with E-state index in [-0.39, 0.29) is 0 Å². The molecular weight excluding hydrogens is 655 g/mol. The summed E-state index contributed by atoms with van der Waals surface area (Å²) in [5.41, 5.74) is 23.6. The van der Waals surface area contributed by atoms with Crippen LogP contribution in [0, 0.1) is 0 Å². The Balaban J connectivity index is 1.18. The summed E-state index contributed by atoms with van der Waals surface area (Å²) in [6.45, 7) is 12.9. The fourth-order valence-corrected chi connectivity index (χ4v) is 8.41. The topological polar surface area (TPSA) is 34.2 Å². The maximum Gasteiger partial charge on any atom is 0.0541 e. The van der Waals surface area contributed by atoms with Gasteiger partial charge in [-0.15, -0.1) is 0 Å². The van der Waals surface area contributed by atoms with Gasteiger partial charge in [0.1, 0.15) is 0 Å². The van der Waals surface area contributed by atoms with Gasteiger partial charge in [0.25, 0.3) is 0 Å². The molecule has 3 nitrogen and oxygen atoms in total. The third-order valence-corrected chi connectivity index (χ3v) is 10.9. The van der Waals surface area contributed by atoms with Crippen molar-refractivity contribution < 1.29 is 0 Å². The lowest BCUT2D eigenvalue weighted by Gasteiger charge is -2.26. The Morgan fingerprint density at radius 3 is 2.31 bits per heavy atom. The second-order valence-corrected chi connectivity index (χ2v) is 14.0. The molecule has 0 atom stereocenters. The minimum Gasteiger partial charge on any atom is -0.404 e. The first-order valence-corrected chi connectivity index (χ1v) is 18.6. The van der Waals surface area contributed by atoms with Crippen LogP contribution in [-0.4, -0.2) is 4.57 Å². The van der Waals surface area contributed by atoms with Gasteiger partial charge >= 0.3 is 0 Å². The van der Waals surface area contributed by atoms with Crippen LogP contribution < -0.4 is 21.1 Å². The van der Waals surface area contributed by atoms with Crippen molar-refractivity contribution in [2.75, 3.05) is 4.90 Å². The third-order valence-electron chi connectivity index (χ3n) is 10.9. The number of para-hydroxylation sites is 1. The number of aromatic nitrogens is 1. The molecule has 260 valence electrons. The first kappa shape index (κ1) is 33.0. The molecule has 2 N–H and O–H groups in total. The van der Waals surface area contributed by atoms with Crippen LogP contribution in [0.5, 0.6) is 0 Å². The molecule has 0 bridgehead atoms. The second kappa shape index (κ2) is 13.3. The van der Waals surface area contributed by atoms with E-state index >= 15 is 0 Å². The van der Waals surface area contributed by atoms with Gasteiger partial charge in [-0.25, -0.2) is 0 Å². The van der Waals surface area contributed by atoms with Crippen molar-refractivity contribution in [3.63, 3.8) is 0 Å². The standard InChI is InChI=1S/C51H41N3/c1-5-14-35(6-2)36-16-13-17-40(27-36)53-26-12-11-15-33(3)45-29-37(22-24-48(45)53)38-23-25-50-46(30-38)44-20-9-10-21-49(44)54(50)41-28-39(32-52)51-34(4)42-18-7-8-19-43(42)47(51)31-41/h6-32H,2-3,5,52H2,1,4H3/b15-11-,26-12-,35-14+,39-32-. The van der Waals surface area contributed by atoms with E-state index in [1.165, 1.54) is 38.3 Å². The molecule has 7 aromatic rings. The van der Waals surface area contributed by atoms with E-state index in [1.54, 1.807) is 6.20 Å². The Kier molecular flexibility index (Phi) is 8.13. The zero-order chi connectivity index (χ0) is 36.9. The van der Waals surface area contributed by atoms with Crippen molar-refractivity contribution in [3.8, 4) is 27.9 Å². The van der Waals surface area contributed by atoms with Crippen LogP contribution in [0.1, 0.15) is 37.0 Å². The largest absolute Gasteiger partial charge is 0.404 e. The number of anilines is 2. The lowest BCUT2D eigenvalue weighted by Crippen LogP contribution is -2.28. The van der Waals surface area contributed by atoms with Gasteiger partial charge in [-0.05, 0) is 129 Å². The Morgan fingerprint density at radius 1 is 0.704 bits per heavy atom. The summed E-state index contributed by atoms with van der Waals surface area (Å²) in [6, 6.07) is 44.2. The van der Waals surface area contributed by atoms with Gasteiger partial charge < -0.3 is 15.2 Å². The lowest BCUT2D eigenvalue weighted by molar-refractivity contribution is 1.17. The molecule has 1 aliphatic carbocycles. The summed E-state index contributed by atoms with van der Waals surface area (Å²) < 4.78 is 2.39. The highest BCUT2D eigenvalue weighted by Gasteiger charge is 2.21. The average Bonchev–Trinajstić information content (AvgIpc) is 3.70. The lowest BCUT2D eigenvalue weighted by atomic mass is 9.95. The van der Waals surface area contributed by atoms with Gasteiger partial charge in [0.15, 0.2) is 0 Å². The maximum atomic E-state index is 6.33. The first-order chi connectivity index (χ1) is 26.5. The number of benzene rings is 6. The van der Waals surface area contributed by atoms with E-state index in [1.807, 2.05) is 6.08 Å². The third kappa shape index (κ3) is 5.28. The van der Waals surface area contributed by atoms with E-state index < -0.39 is 0 Å². The fraction of sp³-hybridized carbons (Fsp3) is 0.0588. The first-order valence-electron chi connectivity index (χ1n) is 18.6. The van der Waals surface area contributed by atoms with Crippen LogP contribution in [0.15, 0.2) is 171 Å². The second-order valence-electron chi connectivity index (χ2n) is 14.0. The van der Waals surface area contributed by atoms with Crippen LogP contribution >= 0.6 is 0 Å². The predicted octanol–water partition coefficient (Wildman–Crippen LogP) is 11.6. The van der Waals surface area contributed by atoms with Crippen molar-refractivity contribution >= 4 is 56.1 Å². The number of allylic oxidation sites excluding steroid dienone is 7. The average molecular weight is 696 g/mol. The molecule has 1 aromatic heterocycles. The summed E-state index contributed by atoms with van der Waals surface area (Å²) in [7, 11) is 0. The molecule has 0 unspecified atom stereocenters. The molecule has 0 saturated heterocycles. The van der Waals surface area contributed by atoms with Gasteiger partial charge in [-0.3, -0.25) is 0 Å². The number of rotatable bonds is 6. The Morgan fingerprint density at radius 2 is 1.48 bits per heavy atom. The minimum atomic E-state index is 0.952.